The van der Waals surface area contributed by atoms with Crippen LogP contribution in [-0.2, 0) is 0 Å². The highest BCUT2D eigenvalue weighted by molar-refractivity contribution is 6.00. The van der Waals surface area contributed by atoms with Gasteiger partial charge < -0.3 is 18.1 Å². The molecule has 0 bridgehead atoms. The highest BCUT2D eigenvalue weighted by atomic mass is 35.5. The van der Waals surface area contributed by atoms with Crippen LogP contribution in [0.25, 0.3) is 0 Å². The predicted octanol–water partition coefficient (Wildman–Crippen LogP) is 0.968. The Labute approximate surface area is 146 Å². The minimum Gasteiger partial charge on any atom is -1.00 e. The number of Topliss-reactive ketones (excluding diaryl/α,β-unsaturated/α-hetero) is 1. The lowest BCUT2D eigenvalue weighted by Gasteiger charge is -2.11. The van der Waals surface area contributed by atoms with Gasteiger partial charge in [0.2, 0.25) is 6.04 Å². The number of hydrogen-bond acceptors (Lipinski definition) is 1. The molecule has 0 aliphatic carbocycles. The van der Waals surface area contributed by atoms with Crippen molar-refractivity contribution in [1.29, 1.82) is 0 Å². The van der Waals surface area contributed by atoms with Gasteiger partial charge in [-0.3, -0.25) is 4.79 Å². The standard InChI is InChI=1S/C8H8F3N.C8H5F3O.ClH/c2*9-8(10,11)7(12)6-4-2-1-3-5-6;/h1-5,7H,12H2;1-5H;1H. The second-order valence-corrected chi connectivity index (χ2v) is 4.70. The Kier molecular flexibility index (Phi) is 8.65. The zero-order chi connectivity index (χ0) is 18.4. The molecule has 25 heavy (non-hydrogen) atoms. The van der Waals surface area contributed by atoms with Gasteiger partial charge in [0.15, 0.2) is 0 Å². The fourth-order valence-corrected chi connectivity index (χ4v) is 1.63. The molecule has 9 heteroatoms. The van der Waals surface area contributed by atoms with Gasteiger partial charge in [0.05, 0.1) is 0 Å². The van der Waals surface area contributed by atoms with Crippen LogP contribution in [0.5, 0.6) is 0 Å². The summed E-state index contributed by atoms with van der Waals surface area (Å²) in [5.74, 6) is -1.80. The van der Waals surface area contributed by atoms with Crippen molar-refractivity contribution in [3.63, 3.8) is 0 Å². The van der Waals surface area contributed by atoms with E-state index in [0.29, 0.717) is 0 Å². The average molecular weight is 386 g/mol. The Morgan fingerprint density at radius 2 is 1.20 bits per heavy atom. The molecule has 0 saturated carbocycles. The van der Waals surface area contributed by atoms with Crippen molar-refractivity contribution in [1.82, 2.24) is 0 Å². The maximum Gasteiger partial charge on any atom is 0.454 e. The topological polar surface area (TPSA) is 44.7 Å². The van der Waals surface area contributed by atoms with Gasteiger partial charge in [-0.15, -0.1) is 0 Å². The molecule has 2 aromatic rings. The number of benzene rings is 2. The lowest BCUT2D eigenvalue weighted by atomic mass is 10.1. The highest BCUT2D eigenvalue weighted by Gasteiger charge is 2.41. The first kappa shape index (κ1) is 22.9. The van der Waals surface area contributed by atoms with Crippen LogP contribution in [0.15, 0.2) is 60.7 Å². The van der Waals surface area contributed by atoms with E-state index >= 15 is 0 Å². The molecule has 2 rings (SSSR count). The third-order valence-corrected chi connectivity index (χ3v) is 2.89. The summed E-state index contributed by atoms with van der Waals surface area (Å²) in [5.41, 5.74) is 2.92. The molecule has 0 fully saturated rings. The lowest BCUT2D eigenvalue weighted by Crippen LogP contribution is -3.00. The molecule has 3 N–H and O–H groups in total. The summed E-state index contributed by atoms with van der Waals surface area (Å²) in [4.78, 5) is 10.5. The van der Waals surface area contributed by atoms with Gasteiger partial charge in [0.1, 0.15) is 0 Å². The molecule has 1 atom stereocenters. The van der Waals surface area contributed by atoms with Gasteiger partial charge in [-0.2, -0.15) is 26.3 Å². The molecule has 0 heterocycles. The third-order valence-electron chi connectivity index (χ3n) is 2.89. The summed E-state index contributed by atoms with van der Waals surface area (Å²) in [6.07, 6.45) is -9.03. The van der Waals surface area contributed by atoms with Crippen molar-refractivity contribution in [3.8, 4) is 0 Å². The Bertz CT molecular complexity index is 643. The highest BCUT2D eigenvalue weighted by Crippen LogP contribution is 2.28. The first-order chi connectivity index (χ1) is 11.0. The second kappa shape index (κ2) is 9.43. The van der Waals surface area contributed by atoms with E-state index in [-0.39, 0.29) is 23.5 Å². The number of carbonyl (C=O) groups is 1. The average Bonchev–Trinajstić information content (AvgIpc) is 2.54. The first-order valence-electron chi connectivity index (χ1n) is 6.64. The zero-order valence-electron chi connectivity index (χ0n) is 12.6. The summed E-state index contributed by atoms with van der Waals surface area (Å²) in [6, 6.07) is 12.6. The minimum atomic E-state index is -4.78. The molecule has 1 unspecified atom stereocenters. The molecule has 2 aromatic carbocycles. The third kappa shape index (κ3) is 7.57. The number of rotatable bonds is 2. The predicted molar refractivity (Wildman–Crippen MR) is 75.0 cm³/mol. The van der Waals surface area contributed by atoms with Crippen LogP contribution >= 0.6 is 0 Å². The zero-order valence-corrected chi connectivity index (χ0v) is 13.4. The molecular weight excluding hydrogens is 372 g/mol. The molecule has 0 amide bonds. The van der Waals surface area contributed by atoms with E-state index in [1.54, 1.807) is 24.3 Å². The molecule has 0 spiro atoms. The van der Waals surface area contributed by atoms with Crippen molar-refractivity contribution in [2.45, 2.75) is 18.4 Å². The molecule has 0 aromatic heterocycles. The maximum absolute atomic E-state index is 12.1. The van der Waals surface area contributed by atoms with Gasteiger partial charge >= 0.3 is 12.4 Å². The van der Waals surface area contributed by atoms with Gasteiger partial charge in [-0.05, 0) is 0 Å². The largest absolute Gasteiger partial charge is 1.00 e. The van der Waals surface area contributed by atoms with E-state index in [9.17, 15) is 31.1 Å². The molecule has 0 radical (unpaired) electrons. The van der Waals surface area contributed by atoms with Crippen molar-refractivity contribution in [3.05, 3.63) is 71.8 Å². The van der Waals surface area contributed by atoms with E-state index in [0.717, 1.165) is 12.1 Å². The summed E-state index contributed by atoms with van der Waals surface area (Å²) in [5, 5.41) is 0. The van der Waals surface area contributed by atoms with Crippen molar-refractivity contribution in [2.75, 3.05) is 0 Å². The van der Waals surface area contributed by atoms with Crippen molar-refractivity contribution in [2.24, 2.45) is 0 Å². The van der Waals surface area contributed by atoms with Gasteiger partial charge in [0.25, 0.3) is 5.78 Å². The van der Waals surface area contributed by atoms with Gasteiger partial charge in [-0.25, -0.2) is 0 Å². The summed E-state index contributed by atoms with van der Waals surface area (Å²) >= 11 is 0. The minimum absolute atomic E-state index is 0. The van der Waals surface area contributed by atoms with Crippen LogP contribution in [0.3, 0.4) is 0 Å². The first-order valence-corrected chi connectivity index (χ1v) is 6.64. The number of carbonyl (C=O) groups excluding carboxylic acids is 1. The SMILES string of the molecule is O=C(c1ccccc1)C(F)(F)F.[Cl-].[NH3+]C(c1ccccc1)C(F)(F)F. The fraction of sp³-hybridized carbons (Fsp3) is 0.188. The summed E-state index contributed by atoms with van der Waals surface area (Å²) < 4.78 is 71.6. The van der Waals surface area contributed by atoms with Crippen molar-refractivity contribution >= 4 is 5.78 Å². The molecule has 2 nitrogen and oxygen atoms in total. The summed E-state index contributed by atoms with van der Waals surface area (Å²) in [6.45, 7) is 0. The Hall–Kier alpha value is -2.06. The molecular formula is C16H14ClF6NO. The summed E-state index contributed by atoms with van der Waals surface area (Å²) in [7, 11) is 0. The van der Waals surface area contributed by atoms with Crippen LogP contribution in [-0.4, -0.2) is 18.1 Å². The Balaban J connectivity index is 0.000000443. The number of hydrogen-bond donors (Lipinski definition) is 1. The normalized spacial score (nSPS) is 12.3. The van der Waals surface area contributed by atoms with E-state index in [2.05, 4.69) is 5.73 Å². The maximum atomic E-state index is 12.1. The number of quaternary nitrogens is 1. The van der Waals surface area contributed by atoms with E-state index in [1.165, 1.54) is 24.3 Å². The molecule has 0 saturated heterocycles. The number of alkyl halides is 6. The van der Waals surface area contributed by atoms with Crippen LogP contribution < -0.4 is 18.1 Å². The van der Waals surface area contributed by atoms with Crippen LogP contribution in [0.2, 0.25) is 0 Å². The van der Waals surface area contributed by atoms with E-state index in [1.807, 2.05) is 0 Å². The van der Waals surface area contributed by atoms with Crippen LogP contribution in [0.1, 0.15) is 22.0 Å². The Morgan fingerprint density at radius 1 is 0.800 bits per heavy atom. The fourth-order valence-electron chi connectivity index (χ4n) is 1.63. The van der Waals surface area contributed by atoms with Crippen molar-refractivity contribution < 1.29 is 49.3 Å². The molecule has 0 aliphatic heterocycles. The van der Waals surface area contributed by atoms with Gasteiger partial charge in [0, 0.05) is 11.1 Å². The number of halogens is 7. The quantitative estimate of drug-likeness (QED) is 0.607. The lowest BCUT2D eigenvalue weighted by molar-refractivity contribution is -0.488. The van der Waals surface area contributed by atoms with E-state index < -0.39 is 24.2 Å². The van der Waals surface area contributed by atoms with E-state index in [4.69, 9.17) is 0 Å². The molecule has 0 aliphatic rings. The smallest absolute Gasteiger partial charge is 0.454 e. The van der Waals surface area contributed by atoms with Gasteiger partial charge in [-0.1, -0.05) is 60.7 Å². The van der Waals surface area contributed by atoms with Crippen LogP contribution in [0, 0.1) is 0 Å². The van der Waals surface area contributed by atoms with Crippen LogP contribution in [0.4, 0.5) is 26.3 Å². The molecule has 138 valence electrons. The monoisotopic (exact) mass is 385 g/mol. The Morgan fingerprint density at radius 3 is 1.56 bits per heavy atom. The number of ketones is 1. The second-order valence-electron chi connectivity index (χ2n) is 4.70.